The Morgan fingerprint density at radius 3 is 1.39 bits per heavy atom. The molecule has 0 N–H and O–H groups in total. The number of carbonyl (C=O) groups excluding carboxylic acids is 3. The van der Waals surface area contributed by atoms with E-state index in [9.17, 15) is 14.4 Å². The first kappa shape index (κ1) is 34.3. The summed E-state index contributed by atoms with van der Waals surface area (Å²) in [6.07, 6.45) is 2.41. The van der Waals surface area contributed by atoms with Gasteiger partial charge in [0.25, 0.3) is 11.8 Å². The van der Waals surface area contributed by atoms with Crippen molar-refractivity contribution in [2.24, 2.45) is 0 Å². The second-order valence-electron chi connectivity index (χ2n) is 8.29. The van der Waals surface area contributed by atoms with Gasteiger partial charge in [0.15, 0.2) is 0 Å². The summed E-state index contributed by atoms with van der Waals surface area (Å²) in [7, 11) is 1.64. The number of hydrogen-bond acceptors (Lipinski definition) is 11. The van der Waals surface area contributed by atoms with E-state index in [0.717, 1.165) is 4.90 Å². The molecular weight excluding hydrogens is 502 g/mol. The molecule has 0 saturated carbocycles. The smallest absolute Gasteiger partial charge is 0.256 e. The van der Waals surface area contributed by atoms with Crippen molar-refractivity contribution >= 4 is 17.6 Å². The summed E-state index contributed by atoms with van der Waals surface area (Å²) in [5.74, 6) is -0.663. The normalized spacial score (nSPS) is 13.5. The molecule has 12 heteroatoms. The number of rotatable bonds is 28. The van der Waals surface area contributed by atoms with E-state index in [1.807, 2.05) is 0 Å². The second-order valence-corrected chi connectivity index (χ2v) is 8.29. The monoisotopic (exact) mass is 547 g/mol. The van der Waals surface area contributed by atoms with Gasteiger partial charge in [0.05, 0.1) is 92.5 Å². The van der Waals surface area contributed by atoms with Gasteiger partial charge in [-0.1, -0.05) is 0 Å². The Labute approximate surface area is 225 Å². The SMILES string of the molecule is COCCOCCOCCOCCOCCOCCOCCOCCCC(=O)CCN1C(=O)C=C(C)C1=O. The topological polar surface area (TPSA) is 128 Å². The van der Waals surface area contributed by atoms with Gasteiger partial charge in [-0.15, -0.1) is 0 Å². The summed E-state index contributed by atoms with van der Waals surface area (Å²) < 4.78 is 42.7. The van der Waals surface area contributed by atoms with E-state index in [2.05, 4.69) is 0 Å². The van der Waals surface area contributed by atoms with Crippen LogP contribution in [0.4, 0.5) is 0 Å². The van der Waals surface area contributed by atoms with Crippen molar-refractivity contribution in [2.75, 3.05) is 113 Å². The minimum atomic E-state index is -0.349. The number of methoxy groups -OCH3 is 1. The zero-order valence-corrected chi connectivity index (χ0v) is 23.0. The molecule has 0 fully saturated rings. The average Bonchev–Trinajstić information content (AvgIpc) is 3.15. The predicted octanol–water partition coefficient (Wildman–Crippen LogP) is 0.804. The minimum absolute atomic E-state index is 0.00443. The van der Waals surface area contributed by atoms with Crippen molar-refractivity contribution < 1.29 is 52.3 Å². The van der Waals surface area contributed by atoms with Crippen LogP contribution in [0.25, 0.3) is 0 Å². The van der Waals surface area contributed by atoms with E-state index in [4.69, 9.17) is 37.9 Å². The van der Waals surface area contributed by atoms with Gasteiger partial charge in [0.2, 0.25) is 0 Å². The highest BCUT2D eigenvalue weighted by atomic mass is 16.6. The molecule has 0 bridgehead atoms. The molecule has 0 aliphatic carbocycles. The van der Waals surface area contributed by atoms with Crippen LogP contribution >= 0.6 is 0 Å². The number of nitrogens with zero attached hydrogens (tertiary/aromatic N) is 1. The Morgan fingerprint density at radius 2 is 1.03 bits per heavy atom. The van der Waals surface area contributed by atoms with E-state index in [1.54, 1.807) is 14.0 Å². The van der Waals surface area contributed by atoms with Crippen LogP contribution in [0.5, 0.6) is 0 Å². The highest BCUT2D eigenvalue weighted by molar-refractivity contribution is 6.16. The fourth-order valence-electron chi connectivity index (χ4n) is 3.15. The van der Waals surface area contributed by atoms with Crippen molar-refractivity contribution in [1.82, 2.24) is 4.90 Å². The van der Waals surface area contributed by atoms with E-state index in [0.29, 0.717) is 118 Å². The van der Waals surface area contributed by atoms with E-state index >= 15 is 0 Å². The van der Waals surface area contributed by atoms with Crippen LogP contribution in [0.3, 0.4) is 0 Å². The third-order valence-corrected chi connectivity index (χ3v) is 5.21. The van der Waals surface area contributed by atoms with Gasteiger partial charge in [-0.05, 0) is 13.3 Å². The standard InChI is InChI=1S/C26H45NO11/c1-23-22-25(29)27(26(23)30)6-5-24(28)4-3-7-32-10-11-34-14-15-36-18-19-38-21-20-37-17-16-35-13-12-33-9-8-31-2/h22H,3-21H2,1-2H3. The quantitative estimate of drug-likeness (QED) is 0.102. The maximum absolute atomic E-state index is 11.9. The lowest BCUT2D eigenvalue weighted by molar-refractivity contribution is -0.137. The molecule has 0 aromatic carbocycles. The molecule has 1 heterocycles. The summed E-state index contributed by atoms with van der Waals surface area (Å²) >= 11 is 0. The summed E-state index contributed by atoms with van der Waals surface area (Å²) in [5, 5.41) is 0. The van der Waals surface area contributed by atoms with Crippen LogP contribution in [0, 0.1) is 0 Å². The lowest BCUT2D eigenvalue weighted by atomic mass is 10.1. The molecule has 0 unspecified atom stereocenters. The number of ether oxygens (including phenoxy) is 8. The van der Waals surface area contributed by atoms with Crippen molar-refractivity contribution in [3.05, 3.63) is 11.6 Å². The summed E-state index contributed by atoms with van der Waals surface area (Å²) in [6, 6.07) is 0. The molecule has 0 atom stereocenters. The van der Waals surface area contributed by atoms with Crippen LogP contribution in [-0.4, -0.2) is 135 Å². The number of Topliss-reactive ketones (excluding diaryl/α,β-unsaturated/α-hetero) is 1. The first-order chi connectivity index (χ1) is 18.6. The number of hydrogen-bond donors (Lipinski definition) is 0. The Kier molecular flexibility index (Phi) is 21.9. The fourth-order valence-corrected chi connectivity index (χ4v) is 3.15. The number of imide groups is 1. The molecule has 1 rings (SSSR count). The molecule has 2 amide bonds. The van der Waals surface area contributed by atoms with Gasteiger partial charge in [-0.3, -0.25) is 19.3 Å². The molecule has 12 nitrogen and oxygen atoms in total. The Balaban J connectivity index is 1.72. The Bertz CT molecular complexity index is 672. The number of amides is 2. The highest BCUT2D eigenvalue weighted by Gasteiger charge is 2.28. The van der Waals surface area contributed by atoms with Gasteiger partial charge in [-0.2, -0.15) is 0 Å². The Morgan fingerprint density at radius 1 is 0.632 bits per heavy atom. The second kappa shape index (κ2) is 24.3. The van der Waals surface area contributed by atoms with Gasteiger partial charge in [0.1, 0.15) is 5.78 Å². The van der Waals surface area contributed by atoms with Crippen LogP contribution in [0.2, 0.25) is 0 Å². The maximum Gasteiger partial charge on any atom is 0.256 e. The molecule has 1 aliphatic heterocycles. The molecule has 0 radical (unpaired) electrons. The molecule has 220 valence electrons. The van der Waals surface area contributed by atoms with Crippen molar-refractivity contribution in [3.8, 4) is 0 Å². The Hall–Kier alpha value is -1.77. The summed E-state index contributed by atoms with van der Waals surface area (Å²) in [4.78, 5) is 36.5. The molecule has 1 aliphatic rings. The first-order valence-electron chi connectivity index (χ1n) is 13.1. The molecule has 0 aromatic rings. The van der Waals surface area contributed by atoms with Crippen molar-refractivity contribution in [2.45, 2.75) is 26.2 Å². The minimum Gasteiger partial charge on any atom is -0.382 e. The fraction of sp³-hybridized carbons (Fsp3) is 0.808. The van der Waals surface area contributed by atoms with Crippen LogP contribution < -0.4 is 0 Å². The van der Waals surface area contributed by atoms with Crippen LogP contribution in [-0.2, 0) is 52.3 Å². The maximum atomic E-state index is 11.9. The van der Waals surface area contributed by atoms with E-state index in [1.165, 1.54) is 6.08 Å². The molecule has 0 spiro atoms. The highest BCUT2D eigenvalue weighted by Crippen LogP contribution is 2.12. The van der Waals surface area contributed by atoms with Crippen molar-refractivity contribution in [3.63, 3.8) is 0 Å². The van der Waals surface area contributed by atoms with Gasteiger partial charge in [-0.25, -0.2) is 0 Å². The molecule has 38 heavy (non-hydrogen) atoms. The third-order valence-electron chi connectivity index (χ3n) is 5.21. The largest absolute Gasteiger partial charge is 0.382 e. The van der Waals surface area contributed by atoms with E-state index in [-0.39, 0.29) is 30.6 Å². The number of carbonyl (C=O) groups is 3. The van der Waals surface area contributed by atoms with Crippen LogP contribution in [0.1, 0.15) is 26.2 Å². The zero-order valence-electron chi connectivity index (χ0n) is 23.0. The lowest BCUT2D eigenvalue weighted by Gasteiger charge is -2.13. The molecule has 0 aromatic heterocycles. The molecule has 0 saturated heterocycles. The predicted molar refractivity (Wildman–Crippen MR) is 137 cm³/mol. The first-order valence-corrected chi connectivity index (χ1v) is 13.1. The van der Waals surface area contributed by atoms with Crippen LogP contribution in [0.15, 0.2) is 11.6 Å². The average molecular weight is 548 g/mol. The lowest BCUT2D eigenvalue weighted by Crippen LogP contribution is -2.32. The van der Waals surface area contributed by atoms with Gasteiger partial charge < -0.3 is 37.9 Å². The molecular formula is C26H45NO11. The zero-order chi connectivity index (χ0) is 27.7. The van der Waals surface area contributed by atoms with Gasteiger partial charge >= 0.3 is 0 Å². The summed E-state index contributed by atoms with van der Waals surface area (Å²) in [5.41, 5.74) is 0.408. The van der Waals surface area contributed by atoms with Gasteiger partial charge in [0, 0.05) is 44.8 Å². The number of ketones is 1. The third kappa shape index (κ3) is 18.5. The van der Waals surface area contributed by atoms with Crippen molar-refractivity contribution in [1.29, 1.82) is 0 Å². The van der Waals surface area contributed by atoms with E-state index < -0.39 is 0 Å². The summed E-state index contributed by atoms with van der Waals surface area (Å²) in [6.45, 7) is 9.23.